The van der Waals surface area contributed by atoms with Gasteiger partial charge < -0.3 is 10.6 Å². The standard InChI is InChI=1S/C72H54N4/c1-73-66-36-37-68(74-2)67(48-66)60-32-14-28-56(40-60)52-24-12-25-53(38-52)58-30-16-34-62(42-58)71-46-65(50-20-8-4-9-21-50)47-72(76-71)63-35-17-31-59(43-63)55-27-13-26-54(39-55)57-29-15-33-61(41-57)70-45-64(49-18-6-3-7-19-49)44-69(75-70)51-22-10-5-11-23-51/h3-48,73-74H,1-2H3. The molecular weight excluding hydrogens is 921 g/mol. The van der Waals surface area contributed by atoms with Gasteiger partial charge in [0.1, 0.15) is 0 Å². The smallest absolute Gasteiger partial charge is 0.0715 e. The van der Waals surface area contributed by atoms with E-state index in [1.807, 2.05) is 20.2 Å². The lowest BCUT2D eigenvalue weighted by atomic mass is 9.94. The number of anilines is 2. The van der Waals surface area contributed by atoms with Crippen molar-refractivity contribution < 1.29 is 0 Å². The topological polar surface area (TPSA) is 49.8 Å². The van der Waals surface area contributed by atoms with Crippen molar-refractivity contribution in [3.8, 4) is 123 Å². The average Bonchev–Trinajstić information content (AvgIpc) is 3.52. The molecule has 0 radical (unpaired) electrons. The Kier molecular flexibility index (Phi) is 13.2. The predicted octanol–water partition coefficient (Wildman–Crippen LogP) is 18.9. The van der Waals surface area contributed by atoms with Crippen LogP contribution in [0.5, 0.6) is 0 Å². The largest absolute Gasteiger partial charge is 0.388 e. The molecular formula is C72H54N4. The molecule has 0 aliphatic heterocycles. The normalized spacial score (nSPS) is 11.0. The molecule has 76 heavy (non-hydrogen) atoms. The van der Waals surface area contributed by atoms with Gasteiger partial charge in [0.05, 0.1) is 22.8 Å². The summed E-state index contributed by atoms with van der Waals surface area (Å²) in [4.78, 5) is 10.7. The van der Waals surface area contributed by atoms with E-state index in [0.29, 0.717) is 0 Å². The summed E-state index contributed by atoms with van der Waals surface area (Å²) < 4.78 is 0. The van der Waals surface area contributed by atoms with Crippen molar-refractivity contribution >= 4 is 11.4 Å². The van der Waals surface area contributed by atoms with Crippen LogP contribution in [0.1, 0.15) is 0 Å². The molecule has 2 heterocycles. The van der Waals surface area contributed by atoms with E-state index in [9.17, 15) is 0 Å². The minimum absolute atomic E-state index is 0.913. The van der Waals surface area contributed by atoms with E-state index in [0.717, 1.165) is 134 Å². The molecule has 0 bridgehead atoms. The lowest BCUT2D eigenvalue weighted by molar-refractivity contribution is 1.32. The predicted molar refractivity (Wildman–Crippen MR) is 321 cm³/mol. The molecule has 0 atom stereocenters. The van der Waals surface area contributed by atoms with Gasteiger partial charge in [-0.1, -0.05) is 200 Å². The Morgan fingerprint density at radius 2 is 0.500 bits per heavy atom. The number of hydrogen-bond acceptors (Lipinski definition) is 4. The Hall–Kier alpha value is -9.90. The fraction of sp³-hybridized carbons (Fsp3) is 0.0278. The minimum atomic E-state index is 0.913. The van der Waals surface area contributed by atoms with Crippen LogP contribution in [0.4, 0.5) is 11.4 Å². The Balaban J connectivity index is 0.865. The molecule has 0 saturated heterocycles. The lowest BCUT2D eigenvalue weighted by Crippen LogP contribution is -1.95. The van der Waals surface area contributed by atoms with Crippen molar-refractivity contribution in [3.63, 3.8) is 0 Å². The summed E-state index contributed by atoms with van der Waals surface area (Å²) in [5.74, 6) is 0. The number of nitrogens with one attached hydrogen (secondary N) is 2. The highest BCUT2D eigenvalue weighted by Gasteiger charge is 2.15. The SMILES string of the molecule is CNc1ccc(NC)c(-c2cccc(-c3cccc(-c4cccc(-c5cc(-c6ccccc6)cc(-c6cccc(-c7cccc(-c8cccc(-c9cc(-c%10ccccc%10)cc(-c%10ccccc%10)n9)c8)c7)c6)n5)c4)c3)c2)c1. The summed E-state index contributed by atoms with van der Waals surface area (Å²) in [5, 5.41) is 6.67. The van der Waals surface area contributed by atoms with Gasteiger partial charge in [-0.05, 0) is 151 Å². The third kappa shape index (κ3) is 10.1. The maximum atomic E-state index is 5.44. The summed E-state index contributed by atoms with van der Waals surface area (Å²) in [6.45, 7) is 0. The Bertz CT molecular complexity index is 3960. The molecule has 10 aromatic carbocycles. The summed E-state index contributed by atoms with van der Waals surface area (Å²) in [6, 6.07) is 99.6. The van der Waals surface area contributed by atoms with Crippen LogP contribution < -0.4 is 10.6 Å². The molecule has 2 N–H and O–H groups in total. The molecule has 0 fully saturated rings. The fourth-order valence-electron chi connectivity index (χ4n) is 10.2. The van der Waals surface area contributed by atoms with Crippen LogP contribution in [0, 0.1) is 0 Å². The van der Waals surface area contributed by atoms with Gasteiger partial charge in [-0.25, -0.2) is 9.97 Å². The Morgan fingerprint density at radius 1 is 0.211 bits per heavy atom. The highest BCUT2D eigenvalue weighted by atomic mass is 14.8. The number of nitrogens with zero attached hydrogens (tertiary/aromatic N) is 2. The fourth-order valence-corrected chi connectivity index (χ4v) is 10.2. The first-order chi connectivity index (χ1) is 37.5. The minimum Gasteiger partial charge on any atom is -0.388 e. The quantitative estimate of drug-likeness (QED) is 0.121. The van der Waals surface area contributed by atoms with E-state index in [1.165, 1.54) is 0 Å². The zero-order valence-electron chi connectivity index (χ0n) is 42.5. The van der Waals surface area contributed by atoms with Crippen LogP contribution >= 0.6 is 0 Å². The van der Waals surface area contributed by atoms with Crippen molar-refractivity contribution in [3.05, 3.63) is 279 Å². The van der Waals surface area contributed by atoms with E-state index >= 15 is 0 Å². The summed E-state index contributed by atoms with van der Waals surface area (Å²) in [6.07, 6.45) is 0. The van der Waals surface area contributed by atoms with Crippen LogP contribution in [0.25, 0.3) is 123 Å². The number of rotatable bonds is 13. The molecule has 12 rings (SSSR count). The van der Waals surface area contributed by atoms with Crippen molar-refractivity contribution in [1.82, 2.24) is 9.97 Å². The summed E-state index contributed by atoms with van der Waals surface area (Å²) in [5.41, 5.74) is 26.1. The second-order valence-electron chi connectivity index (χ2n) is 19.1. The van der Waals surface area contributed by atoms with Gasteiger partial charge in [-0.15, -0.1) is 0 Å². The van der Waals surface area contributed by atoms with E-state index < -0.39 is 0 Å². The Labute approximate surface area is 445 Å². The van der Waals surface area contributed by atoms with Crippen molar-refractivity contribution in [1.29, 1.82) is 0 Å². The van der Waals surface area contributed by atoms with Crippen LogP contribution in [0.15, 0.2) is 279 Å². The molecule has 2 aromatic heterocycles. The Morgan fingerprint density at radius 3 is 0.855 bits per heavy atom. The first kappa shape index (κ1) is 47.1. The number of pyridine rings is 2. The van der Waals surface area contributed by atoms with Crippen LogP contribution in [-0.2, 0) is 0 Å². The molecule has 0 unspecified atom stereocenters. The molecule has 0 aliphatic carbocycles. The van der Waals surface area contributed by atoms with Gasteiger partial charge in [-0.3, -0.25) is 0 Å². The average molecular weight is 975 g/mol. The first-order valence-electron chi connectivity index (χ1n) is 25.9. The highest BCUT2D eigenvalue weighted by molar-refractivity contribution is 5.86. The molecule has 362 valence electrons. The molecule has 0 saturated carbocycles. The number of hydrogen-bond donors (Lipinski definition) is 2. The summed E-state index contributed by atoms with van der Waals surface area (Å²) in [7, 11) is 3.93. The molecule has 0 spiro atoms. The molecule has 4 nitrogen and oxygen atoms in total. The van der Waals surface area contributed by atoms with Gasteiger partial charge >= 0.3 is 0 Å². The van der Waals surface area contributed by atoms with Crippen LogP contribution in [0.3, 0.4) is 0 Å². The molecule has 4 heteroatoms. The maximum Gasteiger partial charge on any atom is 0.0715 e. The monoisotopic (exact) mass is 974 g/mol. The molecule has 12 aromatic rings. The third-order valence-electron chi connectivity index (χ3n) is 14.2. The number of benzene rings is 10. The van der Waals surface area contributed by atoms with Crippen molar-refractivity contribution in [2.75, 3.05) is 24.7 Å². The van der Waals surface area contributed by atoms with E-state index in [2.05, 4.69) is 284 Å². The second-order valence-corrected chi connectivity index (χ2v) is 19.1. The van der Waals surface area contributed by atoms with Crippen molar-refractivity contribution in [2.24, 2.45) is 0 Å². The van der Waals surface area contributed by atoms with Crippen molar-refractivity contribution in [2.45, 2.75) is 0 Å². The zero-order chi connectivity index (χ0) is 51.2. The lowest BCUT2D eigenvalue weighted by Gasteiger charge is -2.14. The van der Waals surface area contributed by atoms with E-state index in [-0.39, 0.29) is 0 Å². The van der Waals surface area contributed by atoms with Gasteiger partial charge in [0.2, 0.25) is 0 Å². The number of aromatic nitrogens is 2. The second kappa shape index (κ2) is 21.3. The maximum absolute atomic E-state index is 5.44. The molecule has 0 amide bonds. The van der Waals surface area contributed by atoms with Gasteiger partial charge in [0.15, 0.2) is 0 Å². The van der Waals surface area contributed by atoms with Gasteiger partial charge in [0.25, 0.3) is 0 Å². The van der Waals surface area contributed by atoms with E-state index in [4.69, 9.17) is 9.97 Å². The zero-order valence-corrected chi connectivity index (χ0v) is 42.5. The summed E-state index contributed by atoms with van der Waals surface area (Å²) >= 11 is 0. The van der Waals surface area contributed by atoms with E-state index in [1.54, 1.807) is 0 Å². The third-order valence-corrected chi connectivity index (χ3v) is 14.2. The van der Waals surface area contributed by atoms with Gasteiger partial charge in [0, 0.05) is 53.3 Å². The first-order valence-corrected chi connectivity index (χ1v) is 25.9. The van der Waals surface area contributed by atoms with Crippen LogP contribution in [-0.4, -0.2) is 24.1 Å². The highest BCUT2D eigenvalue weighted by Crippen LogP contribution is 2.38. The van der Waals surface area contributed by atoms with Gasteiger partial charge in [-0.2, -0.15) is 0 Å². The molecule has 0 aliphatic rings. The van der Waals surface area contributed by atoms with Crippen LogP contribution in [0.2, 0.25) is 0 Å².